The highest BCUT2D eigenvalue weighted by Crippen LogP contribution is 2.20. The molecule has 2 rings (SSSR count). The number of benzene rings is 1. The highest BCUT2D eigenvalue weighted by Gasteiger charge is 2.44. The predicted octanol–water partition coefficient (Wildman–Crippen LogP) is -2.20. The number of carbonyl (C=O) groups is 1. The van der Waals surface area contributed by atoms with Crippen molar-refractivity contribution in [2.45, 2.75) is 30.6 Å². The van der Waals surface area contributed by atoms with Crippen LogP contribution in [0.25, 0.3) is 0 Å². The average molecular weight is 298 g/mol. The first kappa shape index (κ1) is 15.7. The molecule has 0 aromatic heterocycles. The van der Waals surface area contributed by atoms with E-state index in [2.05, 4.69) is 5.32 Å². The number of hydrogen-bond donors (Lipinski definition) is 6. The molecule has 0 radical (unpaired) electrons. The number of nitrogen functional groups attached to an aromatic ring is 1. The Kier molecular flexibility index (Phi) is 4.76. The van der Waals surface area contributed by atoms with Crippen molar-refractivity contribution in [2.75, 3.05) is 12.3 Å². The lowest BCUT2D eigenvalue weighted by Crippen LogP contribution is -2.64. The van der Waals surface area contributed by atoms with Crippen LogP contribution in [0.1, 0.15) is 10.4 Å². The molecule has 5 atom stereocenters. The van der Waals surface area contributed by atoms with Crippen LogP contribution in [-0.2, 0) is 4.74 Å². The second-order valence-electron chi connectivity index (χ2n) is 4.85. The normalized spacial score (nSPS) is 32.7. The summed E-state index contributed by atoms with van der Waals surface area (Å²) in [4.78, 5) is 12.0. The van der Waals surface area contributed by atoms with Crippen molar-refractivity contribution in [3.05, 3.63) is 29.8 Å². The molecule has 8 nitrogen and oxygen atoms in total. The molecular weight excluding hydrogens is 280 g/mol. The van der Waals surface area contributed by atoms with Crippen molar-refractivity contribution >= 4 is 11.6 Å². The van der Waals surface area contributed by atoms with E-state index >= 15 is 0 Å². The molecule has 1 aromatic rings. The predicted molar refractivity (Wildman–Crippen MR) is 72.1 cm³/mol. The summed E-state index contributed by atoms with van der Waals surface area (Å²) in [5.74, 6) is -0.580. The molecule has 0 bridgehead atoms. The maximum Gasteiger partial charge on any atom is 0.251 e. The minimum absolute atomic E-state index is 0.244. The largest absolute Gasteiger partial charge is 0.399 e. The molecule has 1 heterocycles. The Hall–Kier alpha value is -1.71. The van der Waals surface area contributed by atoms with E-state index in [0.717, 1.165) is 0 Å². The molecule has 0 unspecified atom stereocenters. The van der Waals surface area contributed by atoms with Gasteiger partial charge in [-0.1, -0.05) is 6.07 Å². The summed E-state index contributed by atoms with van der Waals surface area (Å²) in [6.07, 6.45) is -5.57. The Bertz CT molecular complexity index is 511. The summed E-state index contributed by atoms with van der Waals surface area (Å²) in [6, 6.07) is 4.92. The maximum atomic E-state index is 12.0. The number of aliphatic hydroxyl groups excluding tert-OH is 4. The maximum absolute atomic E-state index is 12.0. The summed E-state index contributed by atoms with van der Waals surface area (Å²) in [5.41, 5.74) is 6.21. The molecule has 21 heavy (non-hydrogen) atoms. The Morgan fingerprint density at radius 1 is 1.29 bits per heavy atom. The van der Waals surface area contributed by atoms with E-state index in [0.29, 0.717) is 5.69 Å². The van der Waals surface area contributed by atoms with E-state index in [1.807, 2.05) is 0 Å². The van der Waals surface area contributed by atoms with Gasteiger partial charge in [-0.25, -0.2) is 0 Å². The fraction of sp³-hybridized carbons (Fsp3) is 0.462. The molecule has 1 fully saturated rings. The summed E-state index contributed by atoms with van der Waals surface area (Å²) in [7, 11) is 0. The molecule has 1 aliphatic rings. The SMILES string of the molecule is Nc1cccc(C(=O)N[C@@H]2[C@@H](O)[C@H](O)[C@@H](CO)O[C@@H]2O)c1. The van der Waals surface area contributed by atoms with E-state index in [-0.39, 0.29) is 5.56 Å². The lowest BCUT2D eigenvalue weighted by Gasteiger charge is -2.40. The van der Waals surface area contributed by atoms with Crippen LogP contribution in [0, 0.1) is 0 Å². The van der Waals surface area contributed by atoms with Crippen molar-refractivity contribution in [2.24, 2.45) is 0 Å². The van der Waals surface area contributed by atoms with Crippen molar-refractivity contribution in [1.82, 2.24) is 5.32 Å². The molecule has 1 saturated heterocycles. The highest BCUT2D eigenvalue weighted by molar-refractivity contribution is 5.95. The Morgan fingerprint density at radius 3 is 2.62 bits per heavy atom. The lowest BCUT2D eigenvalue weighted by atomic mass is 9.97. The minimum Gasteiger partial charge on any atom is -0.399 e. The monoisotopic (exact) mass is 298 g/mol. The summed E-state index contributed by atoms with van der Waals surface area (Å²) in [6.45, 7) is -0.564. The van der Waals surface area contributed by atoms with E-state index in [9.17, 15) is 20.1 Å². The number of ether oxygens (including phenoxy) is 1. The number of nitrogens with two attached hydrogens (primary N) is 1. The molecule has 0 spiro atoms. The first-order valence-corrected chi connectivity index (χ1v) is 6.41. The lowest BCUT2D eigenvalue weighted by molar-refractivity contribution is -0.252. The first-order valence-electron chi connectivity index (χ1n) is 6.41. The van der Waals surface area contributed by atoms with Crippen molar-refractivity contribution in [3.8, 4) is 0 Å². The Balaban J connectivity index is 2.09. The zero-order valence-electron chi connectivity index (χ0n) is 11.1. The van der Waals surface area contributed by atoms with Crippen LogP contribution in [-0.4, -0.2) is 63.6 Å². The molecule has 1 aliphatic heterocycles. The van der Waals surface area contributed by atoms with Gasteiger partial charge in [0.05, 0.1) is 6.61 Å². The fourth-order valence-corrected chi connectivity index (χ4v) is 2.17. The van der Waals surface area contributed by atoms with Gasteiger partial charge in [0.25, 0.3) is 5.91 Å². The van der Waals surface area contributed by atoms with Gasteiger partial charge in [0, 0.05) is 11.3 Å². The smallest absolute Gasteiger partial charge is 0.251 e. The van der Waals surface area contributed by atoms with E-state index in [1.54, 1.807) is 12.1 Å². The summed E-state index contributed by atoms with van der Waals surface area (Å²) >= 11 is 0. The minimum atomic E-state index is -1.55. The Morgan fingerprint density at radius 2 is 2.00 bits per heavy atom. The molecular formula is C13H18N2O6. The third-order valence-electron chi connectivity index (χ3n) is 3.35. The second kappa shape index (κ2) is 6.37. The topological polar surface area (TPSA) is 145 Å². The molecule has 0 aliphatic carbocycles. The van der Waals surface area contributed by atoms with Crippen LogP contribution in [0.4, 0.5) is 5.69 Å². The van der Waals surface area contributed by atoms with E-state index in [4.69, 9.17) is 15.6 Å². The Labute approximate surface area is 120 Å². The van der Waals surface area contributed by atoms with Gasteiger partial charge in [-0.15, -0.1) is 0 Å². The summed E-state index contributed by atoms with van der Waals surface area (Å²) in [5, 5.41) is 40.8. The molecule has 7 N–H and O–H groups in total. The number of nitrogens with one attached hydrogen (secondary N) is 1. The molecule has 116 valence electrons. The molecule has 8 heteroatoms. The van der Waals surface area contributed by atoms with Crippen LogP contribution in [0.5, 0.6) is 0 Å². The number of carbonyl (C=O) groups excluding carboxylic acids is 1. The number of hydrogen-bond acceptors (Lipinski definition) is 7. The molecule has 1 amide bonds. The van der Waals surface area contributed by atoms with Crippen LogP contribution >= 0.6 is 0 Å². The van der Waals surface area contributed by atoms with Gasteiger partial charge < -0.3 is 36.2 Å². The van der Waals surface area contributed by atoms with Gasteiger partial charge >= 0.3 is 0 Å². The van der Waals surface area contributed by atoms with Gasteiger partial charge in [-0.05, 0) is 18.2 Å². The number of amides is 1. The van der Waals surface area contributed by atoms with Crippen molar-refractivity contribution in [3.63, 3.8) is 0 Å². The van der Waals surface area contributed by atoms with Gasteiger partial charge in [0.15, 0.2) is 6.29 Å². The molecule has 0 saturated carbocycles. The van der Waals surface area contributed by atoms with Crippen LogP contribution in [0.3, 0.4) is 0 Å². The molecule has 1 aromatic carbocycles. The fourth-order valence-electron chi connectivity index (χ4n) is 2.17. The zero-order chi connectivity index (χ0) is 15.6. The van der Waals surface area contributed by atoms with Crippen LogP contribution in [0.2, 0.25) is 0 Å². The first-order chi connectivity index (χ1) is 9.93. The summed E-state index contributed by atoms with van der Waals surface area (Å²) < 4.78 is 4.95. The van der Waals surface area contributed by atoms with Gasteiger partial charge in [-0.3, -0.25) is 4.79 Å². The standard InChI is InChI=1S/C13H18N2O6/c14-7-3-1-2-6(4-7)12(19)15-9-11(18)10(17)8(5-16)21-13(9)20/h1-4,8-11,13,16-18,20H,5,14H2,(H,15,19)/t8-,9-,10-,11-,13+/m1/s1. The van der Waals surface area contributed by atoms with Gasteiger partial charge in [-0.2, -0.15) is 0 Å². The number of rotatable bonds is 3. The van der Waals surface area contributed by atoms with Crippen LogP contribution in [0.15, 0.2) is 24.3 Å². The number of aliphatic hydroxyl groups is 4. The van der Waals surface area contributed by atoms with E-state index in [1.165, 1.54) is 12.1 Å². The van der Waals surface area contributed by atoms with Gasteiger partial charge in [0.1, 0.15) is 24.4 Å². The van der Waals surface area contributed by atoms with E-state index < -0.39 is 43.2 Å². The van der Waals surface area contributed by atoms with Crippen molar-refractivity contribution < 1.29 is 30.0 Å². The third kappa shape index (κ3) is 3.31. The van der Waals surface area contributed by atoms with Crippen LogP contribution < -0.4 is 11.1 Å². The average Bonchev–Trinajstić information content (AvgIpc) is 2.47. The third-order valence-corrected chi connectivity index (χ3v) is 3.35. The quantitative estimate of drug-likeness (QED) is 0.347. The number of anilines is 1. The van der Waals surface area contributed by atoms with Crippen molar-refractivity contribution in [1.29, 1.82) is 0 Å². The second-order valence-corrected chi connectivity index (χ2v) is 4.85. The highest BCUT2D eigenvalue weighted by atomic mass is 16.6. The zero-order valence-corrected chi connectivity index (χ0v) is 11.1. The van der Waals surface area contributed by atoms with Gasteiger partial charge in [0.2, 0.25) is 0 Å².